The number of benzene rings is 1. The molecule has 0 unspecified atom stereocenters. The fourth-order valence-corrected chi connectivity index (χ4v) is 3.60. The molecule has 0 radical (unpaired) electrons. The largest absolute Gasteiger partial charge is 0.497 e. The molecule has 1 aliphatic heterocycles. The first-order valence-corrected chi connectivity index (χ1v) is 8.69. The van der Waals surface area contributed by atoms with Crippen molar-refractivity contribution in [1.29, 1.82) is 0 Å². The summed E-state index contributed by atoms with van der Waals surface area (Å²) in [5.41, 5.74) is 1.72. The molecular formula is C18H20ClN3O2. The third-order valence-corrected chi connectivity index (χ3v) is 5.11. The molecule has 1 N–H and O–H groups in total. The summed E-state index contributed by atoms with van der Waals surface area (Å²) in [5, 5.41) is 4.96. The summed E-state index contributed by atoms with van der Waals surface area (Å²) in [6, 6.07) is 6.24. The van der Waals surface area contributed by atoms with Crippen LogP contribution in [0.15, 0.2) is 24.4 Å². The van der Waals surface area contributed by atoms with Gasteiger partial charge in [0.05, 0.1) is 23.3 Å². The second kappa shape index (κ2) is 6.13. The van der Waals surface area contributed by atoms with Crippen LogP contribution in [0.1, 0.15) is 19.3 Å². The number of anilines is 1. The van der Waals surface area contributed by atoms with Crippen molar-refractivity contribution in [2.75, 3.05) is 25.5 Å². The van der Waals surface area contributed by atoms with E-state index in [2.05, 4.69) is 10.3 Å². The smallest absolute Gasteiger partial charge is 0.223 e. The van der Waals surface area contributed by atoms with E-state index in [1.54, 1.807) is 13.3 Å². The Morgan fingerprint density at radius 1 is 1.42 bits per heavy atom. The topological polar surface area (TPSA) is 54.5 Å². The zero-order valence-corrected chi connectivity index (χ0v) is 14.3. The van der Waals surface area contributed by atoms with E-state index in [0.29, 0.717) is 23.4 Å². The van der Waals surface area contributed by atoms with Crippen LogP contribution in [0.25, 0.3) is 10.9 Å². The number of pyridine rings is 1. The van der Waals surface area contributed by atoms with Gasteiger partial charge in [0, 0.05) is 43.1 Å². The lowest BCUT2D eigenvalue weighted by Crippen LogP contribution is -2.28. The van der Waals surface area contributed by atoms with Gasteiger partial charge < -0.3 is 15.0 Å². The molecular weight excluding hydrogens is 326 g/mol. The summed E-state index contributed by atoms with van der Waals surface area (Å²) in [6.45, 7) is 1.57. The minimum Gasteiger partial charge on any atom is -0.497 e. The van der Waals surface area contributed by atoms with Crippen molar-refractivity contribution in [3.8, 4) is 5.75 Å². The Morgan fingerprint density at radius 3 is 3.00 bits per heavy atom. The summed E-state index contributed by atoms with van der Waals surface area (Å²) in [6.07, 6.45) is 4.60. The highest BCUT2D eigenvalue weighted by Crippen LogP contribution is 2.35. The van der Waals surface area contributed by atoms with Crippen LogP contribution in [-0.2, 0) is 4.79 Å². The number of carbonyl (C=O) groups excluding carboxylic acids is 1. The maximum Gasteiger partial charge on any atom is 0.223 e. The van der Waals surface area contributed by atoms with Crippen molar-refractivity contribution >= 4 is 34.1 Å². The van der Waals surface area contributed by atoms with E-state index in [1.165, 1.54) is 0 Å². The molecule has 2 aromatic rings. The van der Waals surface area contributed by atoms with Crippen LogP contribution < -0.4 is 10.1 Å². The number of methoxy groups -OCH3 is 1. The van der Waals surface area contributed by atoms with Crippen LogP contribution in [0.4, 0.5) is 5.69 Å². The molecule has 2 aliphatic rings. The number of nitrogens with zero attached hydrogens (tertiary/aromatic N) is 2. The molecule has 2 fully saturated rings. The molecule has 1 atom stereocenters. The van der Waals surface area contributed by atoms with Crippen LogP contribution in [0.5, 0.6) is 5.75 Å². The maximum atomic E-state index is 12.1. The van der Waals surface area contributed by atoms with E-state index in [1.807, 2.05) is 23.1 Å². The zero-order valence-electron chi connectivity index (χ0n) is 13.6. The highest BCUT2D eigenvalue weighted by Gasteiger charge is 2.39. The number of ether oxygens (including phenoxy) is 1. The van der Waals surface area contributed by atoms with Gasteiger partial charge in [0.2, 0.25) is 5.91 Å². The number of nitrogens with one attached hydrogen (secondary N) is 1. The van der Waals surface area contributed by atoms with Crippen LogP contribution in [-0.4, -0.2) is 42.0 Å². The van der Waals surface area contributed by atoms with Crippen molar-refractivity contribution in [3.63, 3.8) is 0 Å². The standard InChI is InChI=1S/C18H20ClN3O2/c1-24-13-4-5-16-14(7-13)18(15(19)9-20-16)21-8-11-6-17(23)22(10-11)12-2-3-12/h4-5,7,9,11-12H,2-3,6,8,10H2,1H3,(H,20,21)/t11-/m1/s1. The normalized spacial score (nSPS) is 20.7. The quantitative estimate of drug-likeness (QED) is 0.903. The fourth-order valence-electron chi connectivity index (χ4n) is 3.38. The van der Waals surface area contributed by atoms with Gasteiger partial charge in [-0.1, -0.05) is 11.6 Å². The minimum absolute atomic E-state index is 0.289. The van der Waals surface area contributed by atoms with E-state index in [-0.39, 0.29) is 5.91 Å². The minimum atomic E-state index is 0.289. The molecule has 126 valence electrons. The van der Waals surface area contributed by atoms with Crippen LogP contribution in [0.2, 0.25) is 5.02 Å². The maximum absolute atomic E-state index is 12.1. The SMILES string of the molecule is COc1ccc2ncc(Cl)c(NC[C@H]3CC(=O)N(C4CC4)C3)c2c1. The van der Waals surface area contributed by atoms with Crippen LogP contribution in [0.3, 0.4) is 0 Å². The fraction of sp³-hybridized carbons (Fsp3) is 0.444. The summed E-state index contributed by atoms with van der Waals surface area (Å²) in [5.74, 6) is 1.38. The molecule has 0 spiro atoms. The van der Waals surface area contributed by atoms with Gasteiger partial charge in [-0.2, -0.15) is 0 Å². The lowest BCUT2D eigenvalue weighted by Gasteiger charge is -2.17. The van der Waals surface area contributed by atoms with E-state index in [4.69, 9.17) is 16.3 Å². The summed E-state index contributed by atoms with van der Waals surface area (Å²) in [7, 11) is 1.64. The number of aromatic nitrogens is 1. The average molecular weight is 346 g/mol. The van der Waals surface area contributed by atoms with Gasteiger partial charge in [-0.15, -0.1) is 0 Å². The van der Waals surface area contributed by atoms with Gasteiger partial charge in [0.25, 0.3) is 0 Å². The van der Waals surface area contributed by atoms with E-state index >= 15 is 0 Å². The Morgan fingerprint density at radius 2 is 2.25 bits per heavy atom. The zero-order chi connectivity index (χ0) is 16.7. The summed E-state index contributed by atoms with van der Waals surface area (Å²) < 4.78 is 5.31. The van der Waals surface area contributed by atoms with Gasteiger partial charge in [-0.05, 0) is 31.0 Å². The second-order valence-corrected chi connectivity index (χ2v) is 7.00. The number of likely N-dealkylation sites (tertiary alicyclic amines) is 1. The van der Waals surface area contributed by atoms with E-state index in [9.17, 15) is 4.79 Å². The molecule has 4 rings (SSSR count). The molecule has 5 nitrogen and oxygen atoms in total. The molecule has 0 bridgehead atoms. The second-order valence-electron chi connectivity index (χ2n) is 6.59. The molecule has 6 heteroatoms. The first-order valence-electron chi connectivity index (χ1n) is 8.31. The Hall–Kier alpha value is -2.01. The number of carbonyl (C=O) groups is 1. The highest BCUT2D eigenvalue weighted by molar-refractivity contribution is 6.34. The van der Waals surface area contributed by atoms with Gasteiger partial charge in [0.15, 0.2) is 0 Å². The molecule has 1 saturated carbocycles. The van der Waals surface area contributed by atoms with Gasteiger partial charge >= 0.3 is 0 Å². The Kier molecular flexibility index (Phi) is 3.96. The molecule has 1 amide bonds. The molecule has 1 saturated heterocycles. The molecule has 1 aromatic carbocycles. The number of halogens is 1. The van der Waals surface area contributed by atoms with Gasteiger partial charge in [-0.25, -0.2) is 0 Å². The first-order chi connectivity index (χ1) is 11.7. The van der Waals surface area contributed by atoms with Crippen molar-refractivity contribution < 1.29 is 9.53 Å². The Balaban J connectivity index is 1.53. The third kappa shape index (κ3) is 2.88. The van der Waals surface area contributed by atoms with Crippen LogP contribution in [0, 0.1) is 5.92 Å². The number of hydrogen-bond acceptors (Lipinski definition) is 4. The predicted octanol–water partition coefficient (Wildman–Crippen LogP) is 3.32. The molecule has 24 heavy (non-hydrogen) atoms. The Bertz CT molecular complexity index is 791. The third-order valence-electron chi connectivity index (χ3n) is 4.82. The molecule has 1 aromatic heterocycles. The monoisotopic (exact) mass is 345 g/mol. The summed E-state index contributed by atoms with van der Waals surface area (Å²) in [4.78, 5) is 18.5. The number of fused-ring (bicyclic) bond motifs is 1. The summed E-state index contributed by atoms with van der Waals surface area (Å²) >= 11 is 6.36. The van der Waals surface area contributed by atoms with Crippen molar-refractivity contribution in [3.05, 3.63) is 29.4 Å². The lowest BCUT2D eigenvalue weighted by atomic mass is 10.1. The van der Waals surface area contributed by atoms with E-state index < -0.39 is 0 Å². The van der Waals surface area contributed by atoms with Crippen LogP contribution >= 0.6 is 11.6 Å². The average Bonchev–Trinajstić information content (AvgIpc) is 3.36. The highest BCUT2D eigenvalue weighted by atomic mass is 35.5. The van der Waals surface area contributed by atoms with Crippen molar-refractivity contribution in [1.82, 2.24) is 9.88 Å². The van der Waals surface area contributed by atoms with E-state index in [0.717, 1.165) is 48.3 Å². The molecule has 1 aliphatic carbocycles. The first kappa shape index (κ1) is 15.5. The lowest BCUT2D eigenvalue weighted by molar-refractivity contribution is -0.128. The number of rotatable bonds is 5. The number of amides is 1. The van der Waals surface area contributed by atoms with Crippen molar-refractivity contribution in [2.24, 2.45) is 5.92 Å². The molecule has 2 heterocycles. The van der Waals surface area contributed by atoms with Gasteiger partial charge in [0.1, 0.15) is 5.75 Å². The Labute approximate surface area is 145 Å². The number of hydrogen-bond donors (Lipinski definition) is 1. The predicted molar refractivity (Wildman–Crippen MR) is 94.6 cm³/mol. The van der Waals surface area contributed by atoms with Crippen molar-refractivity contribution in [2.45, 2.75) is 25.3 Å². The van der Waals surface area contributed by atoms with Gasteiger partial charge in [-0.3, -0.25) is 9.78 Å².